The molecule has 9 heteroatoms. The van der Waals surface area contributed by atoms with Crippen molar-refractivity contribution in [2.45, 2.75) is 50.5 Å². The molecule has 1 heterocycles. The lowest BCUT2D eigenvalue weighted by Gasteiger charge is -2.26. The highest BCUT2D eigenvalue weighted by Crippen LogP contribution is 2.18. The molecular weight excluding hydrogens is 394 g/mol. The van der Waals surface area contributed by atoms with E-state index in [1.54, 1.807) is 24.3 Å². The van der Waals surface area contributed by atoms with E-state index in [9.17, 15) is 18.0 Å². The predicted molar refractivity (Wildman–Crippen MR) is 110 cm³/mol. The van der Waals surface area contributed by atoms with Gasteiger partial charge in [-0.3, -0.25) is 9.59 Å². The Bertz CT molecular complexity index is 774. The molecule has 1 unspecified atom stereocenters. The summed E-state index contributed by atoms with van der Waals surface area (Å²) in [6.07, 6.45) is 1.90. The maximum atomic E-state index is 12.6. The van der Waals surface area contributed by atoms with E-state index in [0.29, 0.717) is 39.3 Å². The Morgan fingerprint density at radius 2 is 1.76 bits per heavy atom. The second-order valence-electron chi connectivity index (χ2n) is 7.14. The largest absolute Gasteiger partial charge is 0.379 e. The molecule has 8 nitrogen and oxygen atoms in total. The van der Waals surface area contributed by atoms with Crippen LogP contribution in [0.5, 0.6) is 0 Å². The highest BCUT2D eigenvalue weighted by atomic mass is 32.2. The molecule has 0 bridgehead atoms. The second-order valence-corrected chi connectivity index (χ2v) is 9.08. The number of nitrogens with one attached hydrogen (secondary N) is 2. The van der Waals surface area contributed by atoms with Gasteiger partial charge in [-0.25, -0.2) is 8.42 Å². The van der Waals surface area contributed by atoms with Gasteiger partial charge in [0.25, 0.3) is 0 Å². The fourth-order valence-corrected chi connectivity index (χ4v) is 4.28. The lowest BCUT2D eigenvalue weighted by atomic mass is 10.1. The number of amides is 2. The van der Waals surface area contributed by atoms with Crippen molar-refractivity contribution in [1.82, 2.24) is 14.9 Å². The Morgan fingerprint density at radius 3 is 2.38 bits per heavy atom. The van der Waals surface area contributed by atoms with Crippen LogP contribution >= 0.6 is 0 Å². The average molecular weight is 426 g/mol. The van der Waals surface area contributed by atoms with Crippen molar-refractivity contribution >= 4 is 21.8 Å². The lowest BCUT2D eigenvalue weighted by molar-refractivity contribution is -0.122. The van der Waals surface area contributed by atoms with Crippen molar-refractivity contribution in [2.75, 3.05) is 32.8 Å². The first kappa shape index (κ1) is 23.3. The smallest absolute Gasteiger partial charge is 0.243 e. The number of sulfonamides is 1. The fraction of sp³-hybridized carbons (Fsp3) is 0.600. The van der Waals surface area contributed by atoms with Gasteiger partial charge < -0.3 is 15.4 Å². The molecule has 2 amide bonds. The summed E-state index contributed by atoms with van der Waals surface area (Å²) in [5.41, 5.74) is 0.885. The summed E-state index contributed by atoms with van der Waals surface area (Å²) >= 11 is 0. The molecule has 162 valence electrons. The van der Waals surface area contributed by atoms with E-state index < -0.39 is 10.0 Å². The molecular formula is C20H31N3O5S. The number of nitrogens with zero attached hydrogens (tertiary/aromatic N) is 1. The molecule has 0 aliphatic carbocycles. The number of benzene rings is 1. The van der Waals surface area contributed by atoms with Crippen LogP contribution in [0, 0.1) is 0 Å². The molecule has 0 spiro atoms. The molecule has 1 aromatic rings. The third-order valence-corrected chi connectivity index (χ3v) is 6.78. The van der Waals surface area contributed by atoms with Crippen LogP contribution < -0.4 is 10.6 Å². The monoisotopic (exact) mass is 425 g/mol. The first-order valence-electron chi connectivity index (χ1n) is 10.1. The van der Waals surface area contributed by atoms with Crippen LogP contribution in [0.15, 0.2) is 29.2 Å². The average Bonchev–Trinajstić information content (AvgIpc) is 2.73. The van der Waals surface area contributed by atoms with Crippen LogP contribution in [0.4, 0.5) is 0 Å². The molecule has 1 aliphatic rings. The summed E-state index contributed by atoms with van der Waals surface area (Å²) in [5.74, 6) is -0.205. The molecule has 0 saturated carbocycles. The normalized spacial score (nSPS) is 16.2. The van der Waals surface area contributed by atoms with Gasteiger partial charge in [-0.15, -0.1) is 0 Å². The molecule has 1 atom stereocenters. The Hall–Kier alpha value is -1.97. The SMILES string of the molecule is CCC(C)NC(=O)CCNC(=O)CCc1ccc(S(=O)(=O)N2CCOCC2)cc1. The fourth-order valence-electron chi connectivity index (χ4n) is 2.87. The van der Waals surface area contributed by atoms with Gasteiger partial charge >= 0.3 is 0 Å². The zero-order valence-corrected chi connectivity index (χ0v) is 18.0. The highest BCUT2D eigenvalue weighted by Gasteiger charge is 2.26. The first-order chi connectivity index (χ1) is 13.8. The highest BCUT2D eigenvalue weighted by molar-refractivity contribution is 7.89. The number of morpholine rings is 1. The summed E-state index contributed by atoms with van der Waals surface area (Å²) in [6, 6.07) is 6.77. The number of carbonyl (C=O) groups excluding carboxylic acids is 2. The zero-order valence-electron chi connectivity index (χ0n) is 17.1. The molecule has 1 aliphatic heterocycles. The summed E-state index contributed by atoms with van der Waals surface area (Å²) in [6.45, 7) is 5.78. The second kappa shape index (κ2) is 11.3. The van der Waals surface area contributed by atoms with E-state index in [0.717, 1.165) is 12.0 Å². The standard InChI is InChI=1S/C20H31N3O5S/c1-3-16(2)22-20(25)10-11-21-19(24)9-6-17-4-7-18(8-5-17)29(26,27)23-12-14-28-15-13-23/h4-5,7-8,16H,3,6,9-15H2,1-2H3,(H,21,24)(H,22,25). The molecule has 1 saturated heterocycles. The number of carbonyl (C=O) groups is 2. The van der Waals surface area contributed by atoms with Crippen molar-refractivity contribution in [2.24, 2.45) is 0 Å². The number of ether oxygens (including phenoxy) is 1. The number of aryl methyl sites for hydroxylation is 1. The summed E-state index contributed by atoms with van der Waals surface area (Å²) in [4.78, 5) is 23.9. The number of hydrogen-bond donors (Lipinski definition) is 2. The topological polar surface area (TPSA) is 105 Å². The van der Waals surface area contributed by atoms with E-state index in [-0.39, 0.29) is 35.6 Å². The molecule has 2 N–H and O–H groups in total. The van der Waals surface area contributed by atoms with Crippen molar-refractivity contribution < 1.29 is 22.7 Å². The maximum absolute atomic E-state index is 12.6. The van der Waals surface area contributed by atoms with Gasteiger partial charge in [0, 0.05) is 38.5 Å². The Kier molecular flexibility index (Phi) is 9.06. The summed E-state index contributed by atoms with van der Waals surface area (Å²) < 4.78 is 31.8. The molecule has 2 rings (SSSR count). The minimum absolute atomic E-state index is 0.0725. The van der Waals surface area contributed by atoms with Crippen LogP contribution in [-0.4, -0.2) is 63.4 Å². The molecule has 1 aromatic carbocycles. The maximum Gasteiger partial charge on any atom is 0.243 e. The van der Waals surface area contributed by atoms with Crippen LogP contribution in [0.1, 0.15) is 38.7 Å². The third-order valence-electron chi connectivity index (χ3n) is 4.87. The van der Waals surface area contributed by atoms with Crippen LogP contribution in [-0.2, 0) is 30.8 Å². The van der Waals surface area contributed by atoms with Gasteiger partial charge in [-0.1, -0.05) is 19.1 Å². The van der Waals surface area contributed by atoms with Gasteiger partial charge in [0.2, 0.25) is 21.8 Å². The van der Waals surface area contributed by atoms with Crippen LogP contribution in [0.3, 0.4) is 0 Å². The van der Waals surface area contributed by atoms with E-state index in [4.69, 9.17) is 4.74 Å². The summed E-state index contributed by atoms with van der Waals surface area (Å²) in [5, 5.41) is 5.59. The zero-order chi connectivity index (χ0) is 21.3. The Labute approximate surface area is 173 Å². The molecule has 0 radical (unpaired) electrons. The third kappa shape index (κ3) is 7.41. The minimum Gasteiger partial charge on any atom is -0.379 e. The van der Waals surface area contributed by atoms with Crippen LogP contribution in [0.2, 0.25) is 0 Å². The van der Waals surface area contributed by atoms with E-state index >= 15 is 0 Å². The lowest BCUT2D eigenvalue weighted by Crippen LogP contribution is -2.40. The van der Waals surface area contributed by atoms with Gasteiger partial charge in [-0.05, 0) is 37.5 Å². The predicted octanol–water partition coefficient (Wildman–Crippen LogP) is 1.06. The molecule has 0 aromatic heterocycles. The summed E-state index contributed by atoms with van der Waals surface area (Å²) in [7, 11) is -3.50. The first-order valence-corrected chi connectivity index (χ1v) is 11.5. The molecule has 1 fully saturated rings. The number of rotatable bonds is 10. The van der Waals surface area contributed by atoms with Gasteiger partial charge in [0.05, 0.1) is 18.1 Å². The van der Waals surface area contributed by atoms with E-state index in [1.165, 1.54) is 4.31 Å². The van der Waals surface area contributed by atoms with Crippen molar-refractivity contribution in [1.29, 1.82) is 0 Å². The van der Waals surface area contributed by atoms with E-state index in [1.807, 2.05) is 13.8 Å². The minimum atomic E-state index is -3.50. The van der Waals surface area contributed by atoms with E-state index in [2.05, 4.69) is 10.6 Å². The van der Waals surface area contributed by atoms with Crippen molar-refractivity contribution in [3.63, 3.8) is 0 Å². The van der Waals surface area contributed by atoms with Gasteiger partial charge in [0.15, 0.2) is 0 Å². The van der Waals surface area contributed by atoms with Crippen molar-refractivity contribution in [3.8, 4) is 0 Å². The van der Waals surface area contributed by atoms with Crippen LogP contribution in [0.25, 0.3) is 0 Å². The Morgan fingerprint density at radius 1 is 1.10 bits per heavy atom. The Balaban J connectivity index is 1.75. The number of hydrogen-bond acceptors (Lipinski definition) is 5. The van der Waals surface area contributed by atoms with Gasteiger partial charge in [0.1, 0.15) is 0 Å². The van der Waals surface area contributed by atoms with Crippen molar-refractivity contribution in [3.05, 3.63) is 29.8 Å². The quantitative estimate of drug-likeness (QED) is 0.583. The molecule has 29 heavy (non-hydrogen) atoms. The van der Waals surface area contributed by atoms with Gasteiger partial charge in [-0.2, -0.15) is 4.31 Å².